The maximum absolute atomic E-state index is 13.2. The average Bonchev–Trinajstić information content (AvgIpc) is 3.38. The van der Waals surface area contributed by atoms with Crippen molar-refractivity contribution in [2.75, 3.05) is 67.5 Å². The van der Waals surface area contributed by atoms with E-state index in [2.05, 4.69) is 34.0 Å². The van der Waals surface area contributed by atoms with Gasteiger partial charge in [-0.05, 0) is 77.1 Å². The Hall–Kier alpha value is -3.28. The summed E-state index contributed by atoms with van der Waals surface area (Å²) in [7, 11) is 3.32. The molecule has 1 aliphatic heterocycles. The third-order valence-corrected chi connectivity index (χ3v) is 8.69. The van der Waals surface area contributed by atoms with E-state index in [9.17, 15) is 26.4 Å². The molecule has 1 amide bonds. The maximum Gasteiger partial charge on any atom is 0.490 e. The lowest BCUT2D eigenvalue weighted by Gasteiger charge is -2.34. The Labute approximate surface area is 249 Å². The van der Waals surface area contributed by atoms with Crippen molar-refractivity contribution in [3.63, 3.8) is 0 Å². The number of benzene rings is 1. The molecule has 0 radical (unpaired) electrons. The molecule has 1 aromatic carbocycles. The molecule has 1 aliphatic rings. The summed E-state index contributed by atoms with van der Waals surface area (Å²) in [5, 5.41) is 11.0. The summed E-state index contributed by atoms with van der Waals surface area (Å²) in [6, 6.07) is 3.37. The second-order valence-electron chi connectivity index (χ2n) is 10.3. The predicted molar refractivity (Wildman–Crippen MR) is 149 cm³/mol. The van der Waals surface area contributed by atoms with Gasteiger partial charge in [-0.25, -0.2) is 13.2 Å². The van der Waals surface area contributed by atoms with Gasteiger partial charge in [-0.1, -0.05) is 5.16 Å². The van der Waals surface area contributed by atoms with Crippen LogP contribution in [0.25, 0.3) is 0 Å². The lowest BCUT2D eigenvalue weighted by molar-refractivity contribution is -0.192. The molecule has 2 aromatic rings. The number of aliphatic carboxylic acids is 1. The van der Waals surface area contributed by atoms with Gasteiger partial charge in [0.25, 0.3) is 0 Å². The molecule has 0 saturated carbocycles. The standard InChI is InChI=1S/C24H38N6O5S.C2HF3O2/c1-18-15-20(34-6)16-19(2)22(18)36(32,33)28(5)17-21-25-23(35-26-21)24(31)30-13-11-29(12-14-30)10-8-7-9-27(3)4;3-2(4,5)1(6)7/h15-16H,7-14,17H2,1-6H3;(H,6,7). The van der Waals surface area contributed by atoms with Crippen LogP contribution in [0.1, 0.15) is 40.5 Å². The van der Waals surface area contributed by atoms with E-state index in [0.717, 1.165) is 43.3 Å². The van der Waals surface area contributed by atoms with Crippen LogP contribution in [0.2, 0.25) is 0 Å². The van der Waals surface area contributed by atoms with Gasteiger partial charge in [0.05, 0.1) is 18.6 Å². The smallest absolute Gasteiger partial charge is 0.490 e. The summed E-state index contributed by atoms with van der Waals surface area (Å²) in [6.45, 7) is 8.22. The van der Waals surface area contributed by atoms with Crippen LogP contribution in [-0.2, 0) is 21.4 Å². The van der Waals surface area contributed by atoms with E-state index in [4.69, 9.17) is 19.2 Å². The molecular weight excluding hydrogens is 597 g/mol. The lowest BCUT2D eigenvalue weighted by atomic mass is 10.1. The van der Waals surface area contributed by atoms with Crippen molar-refractivity contribution in [3.05, 3.63) is 35.0 Å². The number of carbonyl (C=O) groups is 2. The van der Waals surface area contributed by atoms with Crippen LogP contribution in [0.4, 0.5) is 13.2 Å². The molecule has 17 heteroatoms. The summed E-state index contributed by atoms with van der Waals surface area (Å²) in [5.74, 6) is -2.47. The number of amides is 1. The van der Waals surface area contributed by atoms with Crippen molar-refractivity contribution in [2.45, 2.75) is 44.3 Å². The topological polar surface area (TPSA) is 150 Å². The summed E-state index contributed by atoms with van der Waals surface area (Å²) < 4.78 is 69.8. The summed E-state index contributed by atoms with van der Waals surface area (Å²) in [6.07, 6.45) is -2.80. The number of hydrogen-bond donors (Lipinski definition) is 1. The third kappa shape index (κ3) is 10.4. The normalized spacial score (nSPS) is 14.5. The number of unbranched alkanes of at least 4 members (excludes halogenated alkanes) is 1. The highest BCUT2D eigenvalue weighted by Gasteiger charge is 2.38. The largest absolute Gasteiger partial charge is 0.497 e. The number of carbonyl (C=O) groups excluding carboxylic acids is 1. The molecule has 0 unspecified atom stereocenters. The number of halogens is 3. The molecular formula is C26H39F3N6O7S. The van der Waals surface area contributed by atoms with E-state index in [1.165, 1.54) is 14.2 Å². The molecule has 1 aromatic heterocycles. The second-order valence-corrected chi connectivity index (χ2v) is 12.3. The lowest BCUT2D eigenvalue weighted by Crippen LogP contribution is -2.49. The number of aromatic nitrogens is 2. The number of carboxylic acid groups (broad SMARTS) is 1. The Morgan fingerprint density at radius 2 is 1.63 bits per heavy atom. The Bertz CT molecular complexity index is 1320. The molecule has 0 bridgehead atoms. The third-order valence-electron chi connectivity index (χ3n) is 6.58. The molecule has 0 atom stereocenters. The molecule has 2 heterocycles. The van der Waals surface area contributed by atoms with Crippen molar-refractivity contribution in [1.29, 1.82) is 0 Å². The molecule has 1 N–H and O–H groups in total. The van der Waals surface area contributed by atoms with Gasteiger partial charge in [-0.15, -0.1) is 0 Å². The van der Waals surface area contributed by atoms with Crippen LogP contribution in [-0.4, -0.2) is 128 Å². The Balaban J connectivity index is 0.000000821. The summed E-state index contributed by atoms with van der Waals surface area (Å²) in [4.78, 5) is 32.4. The van der Waals surface area contributed by atoms with Crippen LogP contribution in [0.5, 0.6) is 5.75 Å². The molecule has 13 nitrogen and oxygen atoms in total. The van der Waals surface area contributed by atoms with Crippen molar-refractivity contribution in [1.82, 2.24) is 29.1 Å². The highest BCUT2D eigenvalue weighted by molar-refractivity contribution is 7.89. The van der Waals surface area contributed by atoms with Crippen LogP contribution in [0, 0.1) is 13.8 Å². The van der Waals surface area contributed by atoms with Crippen molar-refractivity contribution in [3.8, 4) is 5.75 Å². The molecule has 43 heavy (non-hydrogen) atoms. The number of rotatable bonds is 11. The van der Waals surface area contributed by atoms with Crippen molar-refractivity contribution < 1.29 is 45.5 Å². The minimum Gasteiger partial charge on any atom is -0.497 e. The SMILES string of the molecule is COc1cc(C)c(S(=O)(=O)N(C)Cc2noc(C(=O)N3CCN(CCCCN(C)C)CC3)n2)c(C)c1.O=C(O)C(F)(F)F. The van der Waals surface area contributed by atoms with Gasteiger partial charge >= 0.3 is 23.9 Å². The van der Waals surface area contributed by atoms with Crippen LogP contribution >= 0.6 is 0 Å². The average molecular weight is 637 g/mol. The number of hydrogen-bond acceptors (Lipinski definition) is 10. The zero-order valence-electron chi connectivity index (χ0n) is 25.1. The first-order valence-electron chi connectivity index (χ1n) is 13.4. The van der Waals surface area contributed by atoms with Gasteiger partial charge in [0.1, 0.15) is 5.75 Å². The highest BCUT2D eigenvalue weighted by Crippen LogP contribution is 2.28. The minimum atomic E-state index is -5.08. The van der Waals surface area contributed by atoms with Gasteiger partial charge in [-0.3, -0.25) is 9.69 Å². The number of aryl methyl sites for hydroxylation is 2. The van der Waals surface area contributed by atoms with E-state index in [0.29, 0.717) is 30.0 Å². The Kier molecular flexibility index (Phi) is 12.9. The maximum atomic E-state index is 13.2. The monoisotopic (exact) mass is 636 g/mol. The summed E-state index contributed by atoms with van der Waals surface area (Å²) >= 11 is 0. The number of methoxy groups -OCH3 is 1. The van der Waals surface area contributed by atoms with Crippen LogP contribution in [0.3, 0.4) is 0 Å². The Morgan fingerprint density at radius 3 is 2.12 bits per heavy atom. The van der Waals surface area contributed by atoms with Gasteiger partial charge < -0.3 is 24.2 Å². The molecule has 242 valence electrons. The molecule has 0 spiro atoms. The number of ether oxygens (including phenoxy) is 1. The van der Waals surface area contributed by atoms with Crippen molar-refractivity contribution in [2.24, 2.45) is 0 Å². The van der Waals surface area contributed by atoms with E-state index in [-0.39, 0.29) is 29.1 Å². The number of nitrogens with zero attached hydrogens (tertiary/aromatic N) is 6. The zero-order chi connectivity index (χ0) is 32.5. The van der Waals surface area contributed by atoms with Gasteiger partial charge in [-0.2, -0.15) is 22.5 Å². The second kappa shape index (κ2) is 15.4. The first kappa shape index (κ1) is 35.9. The van der Waals surface area contributed by atoms with Crippen LogP contribution < -0.4 is 4.74 Å². The first-order chi connectivity index (χ1) is 20.0. The minimum absolute atomic E-state index is 0.118. The van der Waals surface area contributed by atoms with E-state index in [1.54, 1.807) is 30.9 Å². The Morgan fingerprint density at radius 1 is 1.07 bits per heavy atom. The van der Waals surface area contributed by atoms with Gasteiger partial charge in [0, 0.05) is 33.2 Å². The molecule has 1 saturated heterocycles. The van der Waals surface area contributed by atoms with E-state index in [1.807, 2.05) is 0 Å². The number of carboxylic acids is 1. The zero-order valence-corrected chi connectivity index (χ0v) is 26.0. The number of piperazine rings is 1. The quantitative estimate of drug-likeness (QED) is 0.362. The molecule has 3 rings (SSSR count). The fraction of sp³-hybridized carbons (Fsp3) is 0.615. The van der Waals surface area contributed by atoms with Crippen molar-refractivity contribution >= 4 is 21.9 Å². The van der Waals surface area contributed by atoms with E-state index < -0.39 is 22.2 Å². The first-order valence-corrected chi connectivity index (χ1v) is 14.8. The van der Waals surface area contributed by atoms with E-state index >= 15 is 0 Å². The molecule has 0 aliphatic carbocycles. The van der Waals surface area contributed by atoms with Crippen LogP contribution in [0.15, 0.2) is 21.6 Å². The fourth-order valence-electron chi connectivity index (χ4n) is 4.35. The number of alkyl halides is 3. The predicted octanol–water partition coefficient (Wildman–Crippen LogP) is 2.25. The summed E-state index contributed by atoms with van der Waals surface area (Å²) in [5.41, 5.74) is 1.17. The number of sulfonamides is 1. The van der Waals surface area contributed by atoms with Gasteiger partial charge in [0.15, 0.2) is 5.82 Å². The molecule has 1 fully saturated rings. The highest BCUT2D eigenvalue weighted by atomic mass is 32.2. The fourth-order valence-corrected chi connectivity index (χ4v) is 5.88. The van der Waals surface area contributed by atoms with Gasteiger partial charge in [0.2, 0.25) is 10.0 Å².